The Morgan fingerprint density at radius 2 is 1.88 bits per heavy atom. The van der Waals surface area contributed by atoms with Crippen molar-refractivity contribution in [1.82, 2.24) is 10.2 Å². The summed E-state index contributed by atoms with van der Waals surface area (Å²) in [5.74, 6) is 0.896. The van der Waals surface area contributed by atoms with E-state index in [1.165, 1.54) is 18.4 Å². The Hall–Kier alpha value is -1.84. The van der Waals surface area contributed by atoms with Gasteiger partial charge in [0.25, 0.3) is 0 Å². The van der Waals surface area contributed by atoms with Gasteiger partial charge in [-0.25, -0.2) is 0 Å². The second-order valence-electron chi connectivity index (χ2n) is 7.41. The summed E-state index contributed by atoms with van der Waals surface area (Å²) < 4.78 is 0. The molecule has 0 spiro atoms. The molecule has 1 aliphatic heterocycles. The molecule has 24 heavy (non-hydrogen) atoms. The number of carbonyl (C=O) groups excluding carboxylic acids is 2. The number of carbonyl (C=O) groups is 2. The standard InChI is InChI=1S/C20H28N2O2/c1-14-7-9-17(10-8-14)21-20(24)13-19-18-6-4-3-5-16(18)11-12-22(19)15(2)23/h3-6,14,17,19H,7-13H2,1-2H3,(H,21,24). The van der Waals surface area contributed by atoms with Crippen molar-refractivity contribution in [2.75, 3.05) is 6.54 Å². The van der Waals surface area contributed by atoms with E-state index in [-0.39, 0.29) is 17.9 Å². The van der Waals surface area contributed by atoms with Crippen molar-refractivity contribution in [3.63, 3.8) is 0 Å². The summed E-state index contributed by atoms with van der Waals surface area (Å²) in [7, 11) is 0. The van der Waals surface area contributed by atoms with E-state index in [9.17, 15) is 9.59 Å². The Morgan fingerprint density at radius 3 is 2.58 bits per heavy atom. The Labute approximate surface area is 144 Å². The SMILES string of the molecule is CC(=O)N1CCc2ccccc2C1CC(=O)NC1CCC(C)CC1. The van der Waals surface area contributed by atoms with Crippen molar-refractivity contribution >= 4 is 11.8 Å². The van der Waals surface area contributed by atoms with E-state index in [2.05, 4.69) is 24.4 Å². The molecule has 1 N–H and O–H groups in total. The molecule has 1 heterocycles. The topological polar surface area (TPSA) is 49.4 Å². The van der Waals surface area contributed by atoms with Crippen LogP contribution in [0, 0.1) is 5.92 Å². The van der Waals surface area contributed by atoms with Gasteiger partial charge in [-0.3, -0.25) is 9.59 Å². The average Bonchev–Trinajstić information content (AvgIpc) is 2.57. The van der Waals surface area contributed by atoms with Crippen molar-refractivity contribution < 1.29 is 9.59 Å². The van der Waals surface area contributed by atoms with Gasteiger partial charge in [-0.15, -0.1) is 0 Å². The molecular formula is C20H28N2O2. The number of benzene rings is 1. The minimum absolute atomic E-state index is 0.0498. The third-order valence-electron chi connectivity index (χ3n) is 5.58. The fourth-order valence-corrected chi connectivity index (χ4v) is 4.12. The smallest absolute Gasteiger partial charge is 0.222 e. The van der Waals surface area contributed by atoms with Crippen LogP contribution in [0.1, 0.15) is 63.1 Å². The summed E-state index contributed by atoms with van der Waals surface area (Å²) in [6.07, 6.45) is 5.76. The molecule has 1 atom stereocenters. The lowest BCUT2D eigenvalue weighted by Gasteiger charge is -2.37. The summed E-state index contributed by atoms with van der Waals surface area (Å²) in [4.78, 5) is 26.5. The number of nitrogens with zero attached hydrogens (tertiary/aromatic N) is 1. The first kappa shape index (κ1) is 17.0. The number of hydrogen-bond donors (Lipinski definition) is 1. The Morgan fingerprint density at radius 1 is 1.17 bits per heavy atom. The number of rotatable bonds is 3. The van der Waals surface area contributed by atoms with Gasteiger partial charge in [0.2, 0.25) is 11.8 Å². The highest BCUT2D eigenvalue weighted by Crippen LogP contribution is 2.32. The van der Waals surface area contributed by atoms with Crippen LogP contribution in [0.25, 0.3) is 0 Å². The van der Waals surface area contributed by atoms with Gasteiger partial charge < -0.3 is 10.2 Å². The lowest BCUT2D eigenvalue weighted by Crippen LogP contribution is -2.43. The van der Waals surface area contributed by atoms with E-state index in [1.807, 2.05) is 17.0 Å². The monoisotopic (exact) mass is 328 g/mol. The van der Waals surface area contributed by atoms with E-state index < -0.39 is 0 Å². The zero-order valence-electron chi connectivity index (χ0n) is 14.8. The fourth-order valence-electron chi connectivity index (χ4n) is 4.12. The van der Waals surface area contributed by atoms with Gasteiger partial charge in [0.15, 0.2) is 0 Å². The summed E-state index contributed by atoms with van der Waals surface area (Å²) in [6, 6.07) is 8.37. The van der Waals surface area contributed by atoms with Crippen molar-refractivity contribution in [3.8, 4) is 0 Å². The summed E-state index contributed by atoms with van der Waals surface area (Å²) in [5, 5.41) is 3.20. The van der Waals surface area contributed by atoms with Gasteiger partial charge in [0.05, 0.1) is 12.5 Å². The first-order chi connectivity index (χ1) is 11.5. The predicted molar refractivity (Wildman–Crippen MR) is 94.5 cm³/mol. The number of hydrogen-bond acceptors (Lipinski definition) is 2. The molecule has 130 valence electrons. The molecule has 0 saturated heterocycles. The molecular weight excluding hydrogens is 300 g/mol. The van der Waals surface area contributed by atoms with Crippen molar-refractivity contribution in [2.24, 2.45) is 5.92 Å². The molecule has 2 amide bonds. The van der Waals surface area contributed by atoms with Crippen LogP contribution in [0.4, 0.5) is 0 Å². The van der Waals surface area contributed by atoms with Crippen LogP contribution in [0.2, 0.25) is 0 Å². The zero-order valence-corrected chi connectivity index (χ0v) is 14.8. The molecule has 1 unspecified atom stereocenters. The van der Waals surface area contributed by atoms with Crippen LogP contribution < -0.4 is 5.32 Å². The maximum atomic E-state index is 12.6. The summed E-state index contributed by atoms with van der Waals surface area (Å²) in [5.41, 5.74) is 2.39. The molecule has 1 saturated carbocycles. The summed E-state index contributed by atoms with van der Waals surface area (Å²) >= 11 is 0. The van der Waals surface area contributed by atoms with Crippen molar-refractivity contribution in [2.45, 2.75) is 64.5 Å². The maximum absolute atomic E-state index is 12.6. The van der Waals surface area contributed by atoms with Gasteiger partial charge in [0, 0.05) is 19.5 Å². The van der Waals surface area contributed by atoms with Crippen molar-refractivity contribution in [1.29, 1.82) is 0 Å². The molecule has 1 aliphatic carbocycles. The van der Waals surface area contributed by atoms with E-state index in [4.69, 9.17) is 0 Å². The molecule has 2 aliphatic rings. The Bertz CT molecular complexity index is 605. The van der Waals surface area contributed by atoms with E-state index in [0.717, 1.165) is 30.7 Å². The molecule has 4 nitrogen and oxygen atoms in total. The van der Waals surface area contributed by atoms with Crippen LogP contribution in [-0.4, -0.2) is 29.3 Å². The highest BCUT2D eigenvalue weighted by molar-refractivity contribution is 5.79. The van der Waals surface area contributed by atoms with Crippen molar-refractivity contribution in [3.05, 3.63) is 35.4 Å². The predicted octanol–water partition coefficient (Wildman–Crippen LogP) is 3.22. The van der Waals surface area contributed by atoms with Gasteiger partial charge in [0.1, 0.15) is 0 Å². The molecule has 1 aromatic rings. The van der Waals surface area contributed by atoms with E-state index >= 15 is 0 Å². The lowest BCUT2D eigenvalue weighted by atomic mass is 9.87. The first-order valence-electron chi connectivity index (χ1n) is 9.19. The highest BCUT2D eigenvalue weighted by Gasteiger charge is 2.31. The van der Waals surface area contributed by atoms with Crippen LogP contribution in [0.5, 0.6) is 0 Å². The second kappa shape index (κ2) is 7.37. The molecule has 0 bridgehead atoms. The van der Waals surface area contributed by atoms with Crippen LogP contribution in [0.15, 0.2) is 24.3 Å². The number of nitrogens with one attached hydrogen (secondary N) is 1. The van der Waals surface area contributed by atoms with Gasteiger partial charge in [-0.1, -0.05) is 31.2 Å². The molecule has 0 aromatic heterocycles. The van der Waals surface area contributed by atoms with Gasteiger partial charge in [-0.2, -0.15) is 0 Å². The van der Waals surface area contributed by atoms with Gasteiger partial charge in [-0.05, 0) is 49.1 Å². The maximum Gasteiger partial charge on any atom is 0.222 e. The Kier molecular flexibility index (Phi) is 5.22. The molecule has 1 aromatic carbocycles. The largest absolute Gasteiger partial charge is 0.353 e. The number of amides is 2. The molecule has 1 fully saturated rings. The minimum Gasteiger partial charge on any atom is -0.353 e. The quantitative estimate of drug-likeness (QED) is 0.926. The fraction of sp³-hybridized carbons (Fsp3) is 0.600. The molecule has 3 rings (SSSR count). The molecule has 0 radical (unpaired) electrons. The average molecular weight is 328 g/mol. The third kappa shape index (κ3) is 3.80. The molecule has 4 heteroatoms. The first-order valence-corrected chi connectivity index (χ1v) is 9.19. The minimum atomic E-state index is -0.130. The van der Waals surface area contributed by atoms with Crippen LogP contribution >= 0.6 is 0 Å². The zero-order chi connectivity index (χ0) is 17.1. The normalized spacial score (nSPS) is 26.6. The van der Waals surface area contributed by atoms with Gasteiger partial charge >= 0.3 is 0 Å². The van der Waals surface area contributed by atoms with Crippen LogP contribution in [-0.2, 0) is 16.0 Å². The highest BCUT2D eigenvalue weighted by atomic mass is 16.2. The van der Waals surface area contributed by atoms with E-state index in [0.29, 0.717) is 19.0 Å². The second-order valence-corrected chi connectivity index (χ2v) is 7.41. The number of fused-ring (bicyclic) bond motifs is 1. The third-order valence-corrected chi connectivity index (χ3v) is 5.58. The summed E-state index contributed by atoms with van der Waals surface area (Å²) in [6.45, 7) is 4.58. The van der Waals surface area contributed by atoms with E-state index in [1.54, 1.807) is 6.92 Å². The van der Waals surface area contributed by atoms with Crippen LogP contribution in [0.3, 0.4) is 0 Å². The lowest BCUT2D eigenvalue weighted by molar-refractivity contribution is -0.133. The Balaban J connectivity index is 1.69.